The van der Waals surface area contributed by atoms with Crippen LogP contribution in [0.1, 0.15) is 44.6 Å². The Morgan fingerprint density at radius 1 is 1.27 bits per heavy atom. The summed E-state index contributed by atoms with van der Waals surface area (Å²) in [5, 5.41) is 9.38. The zero-order chi connectivity index (χ0) is 15.9. The summed E-state index contributed by atoms with van der Waals surface area (Å²) >= 11 is 0. The van der Waals surface area contributed by atoms with Crippen LogP contribution in [-0.4, -0.2) is 31.3 Å². The fourth-order valence-electron chi connectivity index (χ4n) is 2.70. The monoisotopic (exact) mass is 307 g/mol. The molecule has 1 aromatic carbocycles. The van der Waals surface area contributed by atoms with Crippen LogP contribution in [0.15, 0.2) is 12.1 Å². The summed E-state index contributed by atoms with van der Waals surface area (Å²) in [4.78, 5) is 13.9. The number of aliphatic hydroxyl groups is 1. The van der Waals surface area contributed by atoms with Crippen LogP contribution in [0.5, 0.6) is 11.5 Å². The number of benzene rings is 1. The molecule has 1 aliphatic rings. The normalized spacial score (nSPS) is 13.8. The molecule has 0 saturated heterocycles. The van der Waals surface area contributed by atoms with Gasteiger partial charge in [0.2, 0.25) is 0 Å². The van der Waals surface area contributed by atoms with E-state index < -0.39 is 0 Å². The number of carbonyl (C=O) groups is 1. The molecule has 1 heterocycles. The number of nitrogens with zero attached hydrogens (tertiary/aromatic N) is 1. The number of hydrogen-bond donors (Lipinski definition) is 1. The average molecular weight is 307 g/mol. The predicted octanol–water partition coefficient (Wildman–Crippen LogP) is 2.88. The van der Waals surface area contributed by atoms with Gasteiger partial charge in [-0.25, -0.2) is 0 Å². The maximum absolute atomic E-state index is 12.2. The van der Waals surface area contributed by atoms with Crippen molar-refractivity contribution >= 4 is 11.6 Å². The van der Waals surface area contributed by atoms with Gasteiger partial charge in [0.15, 0.2) is 18.1 Å². The van der Waals surface area contributed by atoms with Crippen LogP contribution in [0, 0.1) is 0 Å². The minimum absolute atomic E-state index is 0.0385. The first-order valence-electron chi connectivity index (χ1n) is 7.96. The number of anilines is 1. The van der Waals surface area contributed by atoms with Crippen molar-refractivity contribution in [3.63, 3.8) is 0 Å². The van der Waals surface area contributed by atoms with E-state index in [4.69, 9.17) is 9.47 Å². The number of unbranched alkanes of at least 4 members (excludes halogenated alkanes) is 4. The maximum Gasteiger partial charge on any atom is 0.265 e. The molecule has 0 radical (unpaired) electrons. The van der Waals surface area contributed by atoms with E-state index in [0.29, 0.717) is 29.3 Å². The molecule has 1 N–H and O–H groups in total. The molecule has 0 spiro atoms. The van der Waals surface area contributed by atoms with E-state index >= 15 is 0 Å². The highest BCUT2D eigenvalue weighted by atomic mass is 16.5. The lowest BCUT2D eigenvalue weighted by atomic mass is 10.1. The van der Waals surface area contributed by atoms with E-state index in [1.54, 1.807) is 24.1 Å². The van der Waals surface area contributed by atoms with Crippen molar-refractivity contribution in [2.75, 3.05) is 25.2 Å². The molecular formula is C17H25NO4. The van der Waals surface area contributed by atoms with Gasteiger partial charge < -0.3 is 19.5 Å². The summed E-state index contributed by atoms with van der Waals surface area (Å²) in [7, 11) is 1.56. The van der Waals surface area contributed by atoms with Gasteiger partial charge in [0.1, 0.15) is 0 Å². The molecule has 122 valence electrons. The quantitative estimate of drug-likeness (QED) is 0.750. The molecule has 0 fully saturated rings. The van der Waals surface area contributed by atoms with Crippen LogP contribution in [0.3, 0.4) is 0 Å². The highest BCUT2D eigenvalue weighted by molar-refractivity contribution is 5.98. The second-order valence-corrected chi connectivity index (χ2v) is 5.55. The van der Waals surface area contributed by atoms with Gasteiger partial charge in [-0.3, -0.25) is 4.79 Å². The number of aliphatic hydroxyl groups excluding tert-OH is 1. The summed E-state index contributed by atoms with van der Waals surface area (Å²) in [6, 6.07) is 3.55. The fraction of sp³-hybridized carbons (Fsp3) is 0.588. The smallest absolute Gasteiger partial charge is 0.265 e. The Morgan fingerprint density at radius 2 is 2.05 bits per heavy atom. The lowest BCUT2D eigenvalue weighted by Crippen LogP contribution is -2.39. The van der Waals surface area contributed by atoms with Gasteiger partial charge in [-0.2, -0.15) is 0 Å². The molecule has 1 aliphatic heterocycles. The summed E-state index contributed by atoms with van der Waals surface area (Å²) in [6.45, 7) is 2.81. The molecule has 0 aliphatic carbocycles. The third kappa shape index (κ3) is 3.71. The zero-order valence-corrected chi connectivity index (χ0v) is 13.4. The third-order valence-corrected chi connectivity index (χ3v) is 3.91. The molecule has 0 unspecified atom stereocenters. The number of methoxy groups -OCH3 is 1. The Morgan fingerprint density at radius 3 is 2.73 bits per heavy atom. The maximum atomic E-state index is 12.2. The van der Waals surface area contributed by atoms with Gasteiger partial charge >= 0.3 is 0 Å². The van der Waals surface area contributed by atoms with E-state index in [-0.39, 0.29) is 19.1 Å². The van der Waals surface area contributed by atoms with Crippen LogP contribution in [0.25, 0.3) is 0 Å². The van der Waals surface area contributed by atoms with Gasteiger partial charge in [-0.15, -0.1) is 0 Å². The summed E-state index contributed by atoms with van der Waals surface area (Å²) in [5.41, 5.74) is 1.42. The summed E-state index contributed by atoms with van der Waals surface area (Å²) in [6.07, 6.45) is 5.72. The molecule has 1 amide bonds. The van der Waals surface area contributed by atoms with E-state index in [1.807, 2.05) is 0 Å². The first-order chi connectivity index (χ1) is 10.7. The van der Waals surface area contributed by atoms with Crippen LogP contribution >= 0.6 is 0 Å². The second-order valence-electron chi connectivity index (χ2n) is 5.55. The first kappa shape index (κ1) is 16.6. The Hall–Kier alpha value is -1.75. The predicted molar refractivity (Wildman–Crippen MR) is 85.5 cm³/mol. The van der Waals surface area contributed by atoms with E-state index in [0.717, 1.165) is 12.8 Å². The minimum atomic E-state index is -0.0951. The lowest BCUT2D eigenvalue weighted by molar-refractivity contribution is -0.121. The molecule has 22 heavy (non-hydrogen) atoms. The number of hydrogen-bond acceptors (Lipinski definition) is 4. The van der Waals surface area contributed by atoms with E-state index in [1.165, 1.54) is 19.3 Å². The average Bonchev–Trinajstić information content (AvgIpc) is 2.55. The van der Waals surface area contributed by atoms with Crippen molar-refractivity contribution in [2.45, 2.75) is 45.6 Å². The molecule has 0 atom stereocenters. The van der Waals surface area contributed by atoms with Crippen molar-refractivity contribution in [2.24, 2.45) is 0 Å². The van der Waals surface area contributed by atoms with Crippen molar-refractivity contribution in [3.05, 3.63) is 17.7 Å². The van der Waals surface area contributed by atoms with E-state index in [2.05, 4.69) is 6.92 Å². The Bertz CT molecular complexity index is 516. The topological polar surface area (TPSA) is 59.0 Å². The third-order valence-electron chi connectivity index (χ3n) is 3.91. The second kappa shape index (κ2) is 8.03. The Labute approximate surface area is 131 Å². The standard InChI is InChI=1S/C17H25NO4/c1-3-4-5-6-7-8-18-14-9-13(11-19)10-15(21-2)17(14)22-12-16(18)20/h9-10,19H,3-8,11-12H2,1-2H3. The molecule has 2 rings (SSSR count). The molecule has 5 nitrogen and oxygen atoms in total. The van der Waals surface area contributed by atoms with Crippen LogP contribution in [0.4, 0.5) is 5.69 Å². The largest absolute Gasteiger partial charge is 0.493 e. The molecule has 1 aromatic rings. The van der Waals surface area contributed by atoms with Crippen LogP contribution < -0.4 is 14.4 Å². The Balaban J connectivity index is 2.16. The minimum Gasteiger partial charge on any atom is -0.493 e. The van der Waals surface area contributed by atoms with Gasteiger partial charge in [0, 0.05) is 6.54 Å². The SMILES string of the molecule is CCCCCCCN1C(=O)COc2c(OC)cc(CO)cc21. The van der Waals surface area contributed by atoms with Gasteiger partial charge in [-0.05, 0) is 24.1 Å². The fourth-order valence-corrected chi connectivity index (χ4v) is 2.70. The number of amides is 1. The molecular weight excluding hydrogens is 282 g/mol. The summed E-state index contributed by atoms with van der Waals surface area (Å²) in [5.74, 6) is 1.11. The van der Waals surface area contributed by atoms with Crippen molar-refractivity contribution in [1.82, 2.24) is 0 Å². The van der Waals surface area contributed by atoms with Gasteiger partial charge in [0.05, 0.1) is 19.4 Å². The number of ether oxygens (including phenoxy) is 2. The number of rotatable bonds is 8. The first-order valence-corrected chi connectivity index (χ1v) is 7.96. The molecule has 0 aromatic heterocycles. The number of fused-ring (bicyclic) bond motifs is 1. The number of carbonyl (C=O) groups excluding carboxylic acids is 1. The molecule has 5 heteroatoms. The van der Waals surface area contributed by atoms with Crippen molar-refractivity contribution < 1.29 is 19.4 Å². The van der Waals surface area contributed by atoms with Crippen molar-refractivity contribution in [3.8, 4) is 11.5 Å². The zero-order valence-electron chi connectivity index (χ0n) is 13.4. The highest BCUT2D eigenvalue weighted by Crippen LogP contribution is 2.41. The summed E-state index contributed by atoms with van der Waals surface area (Å²) < 4.78 is 10.9. The van der Waals surface area contributed by atoms with Crippen LogP contribution in [-0.2, 0) is 11.4 Å². The lowest BCUT2D eigenvalue weighted by Gasteiger charge is -2.30. The molecule has 0 saturated carbocycles. The van der Waals surface area contributed by atoms with Crippen LogP contribution in [0.2, 0.25) is 0 Å². The highest BCUT2D eigenvalue weighted by Gasteiger charge is 2.28. The van der Waals surface area contributed by atoms with E-state index in [9.17, 15) is 9.90 Å². The Kier molecular flexibility index (Phi) is 6.07. The van der Waals surface area contributed by atoms with Gasteiger partial charge in [0.25, 0.3) is 5.91 Å². The van der Waals surface area contributed by atoms with Crippen molar-refractivity contribution in [1.29, 1.82) is 0 Å². The molecule has 0 bridgehead atoms. The van der Waals surface area contributed by atoms with Gasteiger partial charge in [-0.1, -0.05) is 32.6 Å².